The molecule has 1 aliphatic heterocycles. The van der Waals surface area contributed by atoms with E-state index in [2.05, 4.69) is 14.9 Å². The molecule has 2 aromatic carbocycles. The third-order valence-corrected chi connectivity index (χ3v) is 8.43. The standard InChI is InChI=1S/C27H25ClN4O3S/c28-26-23(6-3-13-30-26)18-31-14-16-32(17-15-31)27(33)22-10-8-20(9-11-22)19-36(34,35)24-7-1-4-21-5-2-12-29-25(21)24/h1-13H,14-19H2. The summed E-state index contributed by atoms with van der Waals surface area (Å²) in [5.41, 5.74) is 2.62. The molecule has 9 heteroatoms. The Morgan fingerprint density at radius 1 is 0.861 bits per heavy atom. The van der Waals surface area contributed by atoms with Crippen molar-refractivity contribution in [2.24, 2.45) is 0 Å². The lowest BCUT2D eigenvalue weighted by Gasteiger charge is -2.34. The Morgan fingerprint density at radius 3 is 2.31 bits per heavy atom. The van der Waals surface area contributed by atoms with Crippen LogP contribution in [0.25, 0.3) is 10.9 Å². The fourth-order valence-electron chi connectivity index (χ4n) is 4.44. The number of sulfone groups is 1. The minimum Gasteiger partial charge on any atom is -0.336 e. The molecular formula is C27H25ClN4O3S. The van der Waals surface area contributed by atoms with Gasteiger partial charge in [0.2, 0.25) is 0 Å². The summed E-state index contributed by atoms with van der Waals surface area (Å²) in [7, 11) is -3.61. The third kappa shape index (κ3) is 5.26. The Hall–Kier alpha value is -3.33. The molecule has 1 aliphatic rings. The maximum atomic E-state index is 13.1. The molecule has 1 fully saturated rings. The van der Waals surface area contributed by atoms with E-state index in [1.807, 2.05) is 29.2 Å². The molecule has 36 heavy (non-hydrogen) atoms. The predicted molar refractivity (Wildman–Crippen MR) is 140 cm³/mol. The summed E-state index contributed by atoms with van der Waals surface area (Å²) in [6, 6.07) is 19.4. The SMILES string of the molecule is O=C(c1ccc(CS(=O)(=O)c2cccc3cccnc23)cc1)N1CCN(Cc2cccnc2Cl)CC1. The quantitative estimate of drug-likeness (QED) is 0.354. The van der Waals surface area contributed by atoms with E-state index in [1.165, 1.54) is 0 Å². The van der Waals surface area contributed by atoms with Gasteiger partial charge in [0.05, 0.1) is 16.2 Å². The van der Waals surface area contributed by atoms with Crippen LogP contribution >= 0.6 is 11.6 Å². The number of para-hydroxylation sites is 1. The highest BCUT2D eigenvalue weighted by molar-refractivity contribution is 7.90. The second-order valence-electron chi connectivity index (χ2n) is 8.81. The molecule has 1 saturated heterocycles. The number of rotatable bonds is 6. The first-order valence-corrected chi connectivity index (χ1v) is 13.7. The van der Waals surface area contributed by atoms with Gasteiger partial charge in [0, 0.05) is 61.6 Å². The van der Waals surface area contributed by atoms with Crippen LogP contribution in [0.1, 0.15) is 21.5 Å². The molecule has 184 valence electrons. The van der Waals surface area contributed by atoms with Crippen molar-refractivity contribution in [3.63, 3.8) is 0 Å². The van der Waals surface area contributed by atoms with Crippen molar-refractivity contribution in [2.45, 2.75) is 17.2 Å². The topological polar surface area (TPSA) is 83.5 Å². The number of nitrogens with zero attached hydrogens (tertiary/aromatic N) is 4. The number of amides is 1. The van der Waals surface area contributed by atoms with Gasteiger partial charge in [0.15, 0.2) is 9.84 Å². The number of fused-ring (bicyclic) bond motifs is 1. The normalized spacial score (nSPS) is 14.8. The zero-order valence-electron chi connectivity index (χ0n) is 19.5. The second-order valence-corrected chi connectivity index (χ2v) is 11.1. The van der Waals surface area contributed by atoms with Gasteiger partial charge < -0.3 is 4.90 Å². The first-order chi connectivity index (χ1) is 17.4. The van der Waals surface area contributed by atoms with Crippen molar-refractivity contribution >= 4 is 38.2 Å². The molecule has 0 N–H and O–H groups in total. The van der Waals surface area contributed by atoms with E-state index >= 15 is 0 Å². The van der Waals surface area contributed by atoms with E-state index in [0.717, 1.165) is 24.0 Å². The van der Waals surface area contributed by atoms with Crippen molar-refractivity contribution < 1.29 is 13.2 Å². The average Bonchev–Trinajstić information content (AvgIpc) is 2.90. The van der Waals surface area contributed by atoms with Gasteiger partial charge in [-0.25, -0.2) is 13.4 Å². The van der Waals surface area contributed by atoms with E-state index in [9.17, 15) is 13.2 Å². The maximum absolute atomic E-state index is 13.1. The summed E-state index contributed by atoms with van der Waals surface area (Å²) in [6.07, 6.45) is 3.26. The number of hydrogen-bond donors (Lipinski definition) is 0. The van der Waals surface area contributed by atoms with E-state index in [1.54, 1.807) is 54.9 Å². The first kappa shape index (κ1) is 24.4. The van der Waals surface area contributed by atoms with E-state index in [0.29, 0.717) is 41.4 Å². The Morgan fingerprint density at radius 2 is 1.56 bits per heavy atom. The summed E-state index contributed by atoms with van der Waals surface area (Å²) in [4.78, 5) is 25.7. The Balaban J connectivity index is 1.22. The number of pyridine rings is 2. The first-order valence-electron chi connectivity index (χ1n) is 11.7. The molecule has 0 aliphatic carbocycles. The smallest absolute Gasteiger partial charge is 0.253 e. The fourth-order valence-corrected chi connectivity index (χ4v) is 6.15. The van der Waals surface area contributed by atoms with Crippen molar-refractivity contribution in [3.8, 4) is 0 Å². The number of piperazine rings is 1. The highest BCUT2D eigenvalue weighted by Gasteiger charge is 2.23. The molecule has 2 aromatic heterocycles. The molecule has 0 bridgehead atoms. The number of benzene rings is 2. The third-order valence-electron chi connectivity index (χ3n) is 6.38. The van der Waals surface area contributed by atoms with Crippen LogP contribution in [0.15, 0.2) is 84.0 Å². The van der Waals surface area contributed by atoms with Crippen LogP contribution in [-0.2, 0) is 22.1 Å². The molecule has 3 heterocycles. The van der Waals surface area contributed by atoms with Crippen LogP contribution in [0.4, 0.5) is 0 Å². The average molecular weight is 521 g/mol. The van der Waals surface area contributed by atoms with Crippen LogP contribution in [-0.4, -0.2) is 60.3 Å². The molecule has 0 radical (unpaired) electrons. The molecular weight excluding hydrogens is 496 g/mol. The van der Waals surface area contributed by atoms with E-state index < -0.39 is 9.84 Å². The Kier molecular flexibility index (Phi) is 7.00. The lowest BCUT2D eigenvalue weighted by molar-refractivity contribution is 0.0628. The molecule has 0 atom stereocenters. The maximum Gasteiger partial charge on any atom is 0.253 e. The minimum atomic E-state index is -3.61. The van der Waals surface area contributed by atoms with Gasteiger partial charge in [-0.3, -0.25) is 14.7 Å². The summed E-state index contributed by atoms with van der Waals surface area (Å²) in [6.45, 7) is 3.41. The molecule has 0 unspecified atom stereocenters. The van der Waals surface area contributed by atoms with Gasteiger partial charge in [-0.1, -0.05) is 48.0 Å². The van der Waals surface area contributed by atoms with Gasteiger partial charge in [-0.15, -0.1) is 0 Å². The van der Waals surface area contributed by atoms with Crippen LogP contribution in [0.3, 0.4) is 0 Å². The summed E-state index contributed by atoms with van der Waals surface area (Å²) in [5.74, 6) is -0.214. The van der Waals surface area contributed by atoms with Crippen LogP contribution in [0.5, 0.6) is 0 Å². The molecule has 0 saturated carbocycles. The van der Waals surface area contributed by atoms with Gasteiger partial charge in [0.1, 0.15) is 5.15 Å². The Labute approximate surface area is 215 Å². The number of halogens is 1. The van der Waals surface area contributed by atoms with Crippen molar-refractivity contribution in [2.75, 3.05) is 26.2 Å². The van der Waals surface area contributed by atoms with Crippen LogP contribution in [0.2, 0.25) is 5.15 Å². The van der Waals surface area contributed by atoms with Crippen LogP contribution < -0.4 is 0 Å². The number of carbonyl (C=O) groups is 1. The summed E-state index contributed by atoms with van der Waals surface area (Å²) >= 11 is 6.17. The van der Waals surface area contributed by atoms with Crippen LogP contribution in [0, 0.1) is 0 Å². The summed E-state index contributed by atoms with van der Waals surface area (Å²) < 4.78 is 26.3. The van der Waals surface area contributed by atoms with Crippen molar-refractivity contribution in [3.05, 3.63) is 101 Å². The van der Waals surface area contributed by atoms with Gasteiger partial charge in [-0.2, -0.15) is 0 Å². The lowest BCUT2D eigenvalue weighted by atomic mass is 10.1. The highest BCUT2D eigenvalue weighted by Crippen LogP contribution is 2.24. The molecule has 1 amide bonds. The lowest BCUT2D eigenvalue weighted by Crippen LogP contribution is -2.48. The minimum absolute atomic E-state index is 0.0540. The zero-order valence-corrected chi connectivity index (χ0v) is 21.1. The zero-order chi connectivity index (χ0) is 25.1. The van der Waals surface area contributed by atoms with Crippen molar-refractivity contribution in [1.82, 2.24) is 19.8 Å². The number of hydrogen-bond acceptors (Lipinski definition) is 6. The largest absolute Gasteiger partial charge is 0.336 e. The van der Waals surface area contributed by atoms with E-state index in [-0.39, 0.29) is 16.6 Å². The van der Waals surface area contributed by atoms with Gasteiger partial charge in [0.25, 0.3) is 5.91 Å². The predicted octanol–water partition coefficient (Wildman–Crippen LogP) is 4.22. The second kappa shape index (κ2) is 10.3. The van der Waals surface area contributed by atoms with Gasteiger partial charge >= 0.3 is 0 Å². The molecule has 4 aromatic rings. The molecule has 5 rings (SSSR count). The number of carbonyl (C=O) groups excluding carboxylic acids is 1. The summed E-state index contributed by atoms with van der Waals surface area (Å²) in [5, 5.41) is 1.29. The fraction of sp³-hybridized carbons (Fsp3) is 0.222. The molecule has 0 spiro atoms. The highest BCUT2D eigenvalue weighted by atomic mass is 35.5. The molecule has 7 nitrogen and oxygen atoms in total. The number of aromatic nitrogens is 2. The van der Waals surface area contributed by atoms with Crippen molar-refractivity contribution in [1.29, 1.82) is 0 Å². The Bertz CT molecular complexity index is 1500. The monoisotopic (exact) mass is 520 g/mol. The van der Waals surface area contributed by atoms with E-state index in [4.69, 9.17) is 11.6 Å². The van der Waals surface area contributed by atoms with Gasteiger partial charge in [-0.05, 0) is 35.9 Å².